The van der Waals surface area contributed by atoms with E-state index in [0.717, 1.165) is 38.7 Å². The Morgan fingerprint density at radius 3 is 1.95 bits per heavy atom. The van der Waals surface area contributed by atoms with Gasteiger partial charge < -0.3 is 14.0 Å². The van der Waals surface area contributed by atoms with Crippen molar-refractivity contribution in [2.45, 2.75) is 142 Å². The molecule has 1 rings (SSSR count). The maximum Gasteiger partial charge on any atom is 0.192 e. The molecule has 1 N–H and O–H groups in total. The van der Waals surface area contributed by atoms with Crippen LogP contribution in [0.4, 0.5) is 0 Å². The molecule has 0 heterocycles. The van der Waals surface area contributed by atoms with E-state index in [-0.39, 0.29) is 11.1 Å². The summed E-state index contributed by atoms with van der Waals surface area (Å²) >= 11 is 0. The first-order chi connectivity index (χ1) is 17.1. The summed E-state index contributed by atoms with van der Waals surface area (Å²) in [5.74, 6) is 0.932. The van der Waals surface area contributed by atoms with Crippen molar-refractivity contribution in [3.63, 3.8) is 0 Å². The van der Waals surface area contributed by atoms with Gasteiger partial charge in [-0.15, -0.1) is 0 Å². The van der Waals surface area contributed by atoms with Gasteiger partial charge in [-0.05, 0) is 81.2 Å². The molecular formula is C32H62O3Si2. The summed E-state index contributed by atoms with van der Waals surface area (Å²) in [5.41, 5.74) is 0. The quantitative estimate of drug-likeness (QED) is 0.111. The Morgan fingerprint density at radius 2 is 1.32 bits per heavy atom. The second-order valence-electron chi connectivity index (χ2n) is 14.1. The minimum absolute atomic E-state index is 0.207. The molecule has 0 bridgehead atoms. The average Bonchev–Trinajstić information content (AvgIpc) is 3.14. The normalized spacial score (nSPS) is 21.6. The van der Waals surface area contributed by atoms with Crippen LogP contribution < -0.4 is 0 Å². The van der Waals surface area contributed by atoms with Crippen LogP contribution in [-0.2, 0) is 8.85 Å². The Bertz CT molecular complexity index is 711. The number of aliphatic hydroxyl groups excluding tert-OH is 1. The summed E-state index contributed by atoms with van der Waals surface area (Å²) < 4.78 is 13.2. The van der Waals surface area contributed by atoms with Crippen LogP contribution in [0.1, 0.15) is 99.3 Å². The minimum atomic E-state index is -1.82. The number of hydrogen-bond donors (Lipinski definition) is 1. The molecule has 0 aliphatic heterocycles. The van der Waals surface area contributed by atoms with Crippen LogP contribution in [0, 0.1) is 11.8 Å². The number of unbranched alkanes of at least 4 members (excludes halogenated alkanes) is 6. The molecule has 37 heavy (non-hydrogen) atoms. The summed E-state index contributed by atoms with van der Waals surface area (Å²) in [6.07, 6.45) is 24.6. The third kappa shape index (κ3) is 12.5. The monoisotopic (exact) mass is 550 g/mol. The van der Waals surface area contributed by atoms with Gasteiger partial charge in [0.2, 0.25) is 0 Å². The lowest BCUT2D eigenvalue weighted by atomic mass is 9.89. The van der Waals surface area contributed by atoms with Crippen molar-refractivity contribution in [1.29, 1.82) is 0 Å². The van der Waals surface area contributed by atoms with Crippen molar-refractivity contribution in [2.75, 3.05) is 13.2 Å². The van der Waals surface area contributed by atoms with Crippen LogP contribution in [0.3, 0.4) is 0 Å². The maximum atomic E-state index is 9.01. The van der Waals surface area contributed by atoms with Crippen molar-refractivity contribution in [1.82, 2.24) is 0 Å². The first kappa shape index (κ1) is 34.6. The third-order valence-electron chi connectivity index (χ3n) is 8.92. The zero-order chi connectivity index (χ0) is 28.2. The molecule has 0 saturated carbocycles. The van der Waals surface area contributed by atoms with Crippen molar-refractivity contribution < 1.29 is 14.0 Å². The molecule has 0 radical (unpaired) electrons. The van der Waals surface area contributed by atoms with Crippen molar-refractivity contribution in [3.05, 3.63) is 36.5 Å². The van der Waals surface area contributed by atoms with Gasteiger partial charge in [-0.25, -0.2) is 0 Å². The average molecular weight is 551 g/mol. The molecule has 216 valence electrons. The standard InChI is InChI=1S/C32H62O3Si2/c1-31(2,3)36(7,8)34-27-21-17-12-11-14-18-22-28-24-25-30(35-37(9,10)32(4,5)6)29(28)23-19-15-13-16-20-26-33/h15,18-19,22,24-25,28-30,33H,11-14,16-17,20-21,23,26-27H2,1-10H3/b19-15+,22-18?/t28-,29-,30-/m1/s1. The first-order valence-electron chi connectivity index (χ1n) is 15.0. The van der Waals surface area contributed by atoms with Crippen LogP contribution in [0.25, 0.3) is 0 Å². The maximum absolute atomic E-state index is 9.01. The van der Waals surface area contributed by atoms with Gasteiger partial charge in [0.05, 0.1) is 6.10 Å². The van der Waals surface area contributed by atoms with Gasteiger partial charge in [0.15, 0.2) is 16.6 Å². The van der Waals surface area contributed by atoms with Crippen LogP contribution in [0.15, 0.2) is 36.5 Å². The van der Waals surface area contributed by atoms with E-state index < -0.39 is 16.6 Å². The molecule has 0 unspecified atom stereocenters. The zero-order valence-corrected chi connectivity index (χ0v) is 28.2. The van der Waals surface area contributed by atoms with Gasteiger partial charge in [0, 0.05) is 25.0 Å². The predicted octanol–water partition coefficient (Wildman–Crippen LogP) is 9.82. The molecule has 0 spiro atoms. The van der Waals surface area contributed by atoms with Crippen molar-refractivity contribution in [2.24, 2.45) is 11.8 Å². The first-order valence-corrected chi connectivity index (χ1v) is 20.9. The molecule has 0 aromatic rings. The lowest BCUT2D eigenvalue weighted by Gasteiger charge is -2.40. The SMILES string of the molecule is CC(C)(C)[Si](C)(C)OCCCCCCC=C[C@@H]1C=C[C@@H](O[Si](C)(C)C(C)(C)C)[C@@H]1C/C=C/CCCCO. The topological polar surface area (TPSA) is 38.7 Å². The fraction of sp³-hybridized carbons (Fsp3) is 0.812. The molecule has 1 aliphatic rings. The van der Waals surface area contributed by atoms with E-state index in [2.05, 4.69) is 104 Å². The Balaban J connectivity index is 2.53. The Labute approximate surface area is 233 Å². The number of aliphatic hydroxyl groups is 1. The van der Waals surface area contributed by atoms with Crippen molar-refractivity contribution in [3.8, 4) is 0 Å². The van der Waals surface area contributed by atoms with Gasteiger partial charge >= 0.3 is 0 Å². The highest BCUT2D eigenvalue weighted by molar-refractivity contribution is 6.74. The summed E-state index contributed by atoms with van der Waals surface area (Å²) in [4.78, 5) is 0. The second-order valence-corrected chi connectivity index (χ2v) is 23.7. The van der Waals surface area contributed by atoms with Crippen LogP contribution >= 0.6 is 0 Å². The molecule has 0 aromatic heterocycles. The molecule has 3 nitrogen and oxygen atoms in total. The smallest absolute Gasteiger partial charge is 0.192 e. The van der Waals surface area contributed by atoms with E-state index in [1.165, 1.54) is 25.7 Å². The molecule has 0 fully saturated rings. The lowest BCUT2D eigenvalue weighted by molar-refractivity contribution is 0.159. The second kappa shape index (κ2) is 16.0. The number of hydrogen-bond acceptors (Lipinski definition) is 3. The van der Waals surface area contributed by atoms with Gasteiger partial charge in [-0.3, -0.25) is 0 Å². The van der Waals surface area contributed by atoms with E-state index in [1.807, 2.05) is 0 Å². The van der Waals surface area contributed by atoms with Crippen LogP contribution in [0.2, 0.25) is 36.3 Å². The largest absolute Gasteiger partial charge is 0.417 e. The van der Waals surface area contributed by atoms with E-state index in [1.54, 1.807) is 0 Å². The molecule has 0 amide bonds. The lowest BCUT2D eigenvalue weighted by Crippen LogP contribution is -2.45. The van der Waals surface area contributed by atoms with E-state index >= 15 is 0 Å². The molecule has 0 saturated heterocycles. The number of rotatable bonds is 17. The number of allylic oxidation sites excluding steroid dienone is 5. The Hall–Kier alpha value is -0.466. The van der Waals surface area contributed by atoms with Gasteiger partial charge in [0.1, 0.15) is 0 Å². The van der Waals surface area contributed by atoms with Gasteiger partial charge in [-0.1, -0.05) is 90.8 Å². The minimum Gasteiger partial charge on any atom is -0.417 e. The Kier molecular flexibility index (Phi) is 14.9. The van der Waals surface area contributed by atoms with Crippen LogP contribution in [0.5, 0.6) is 0 Å². The molecule has 5 heteroatoms. The highest BCUT2D eigenvalue weighted by Crippen LogP contribution is 2.41. The van der Waals surface area contributed by atoms with E-state index in [9.17, 15) is 0 Å². The van der Waals surface area contributed by atoms with Crippen molar-refractivity contribution >= 4 is 16.6 Å². The van der Waals surface area contributed by atoms with E-state index in [4.69, 9.17) is 14.0 Å². The molecule has 3 atom stereocenters. The summed E-state index contributed by atoms with van der Waals surface area (Å²) in [6.45, 7) is 24.5. The van der Waals surface area contributed by atoms with E-state index in [0.29, 0.717) is 23.5 Å². The van der Waals surface area contributed by atoms with Gasteiger partial charge in [0.25, 0.3) is 0 Å². The van der Waals surface area contributed by atoms with Gasteiger partial charge in [-0.2, -0.15) is 0 Å². The summed E-state index contributed by atoms with van der Waals surface area (Å²) in [7, 11) is -3.42. The molecular weight excluding hydrogens is 489 g/mol. The molecule has 1 aliphatic carbocycles. The zero-order valence-electron chi connectivity index (χ0n) is 26.2. The highest BCUT2D eigenvalue weighted by Gasteiger charge is 2.42. The highest BCUT2D eigenvalue weighted by atomic mass is 28.4. The third-order valence-corrected chi connectivity index (χ3v) is 17.9. The Morgan fingerprint density at radius 1 is 0.730 bits per heavy atom. The summed E-state index contributed by atoms with van der Waals surface area (Å²) in [5, 5.41) is 9.53. The predicted molar refractivity (Wildman–Crippen MR) is 168 cm³/mol. The fourth-order valence-corrected chi connectivity index (χ4v) is 6.52. The summed E-state index contributed by atoms with van der Waals surface area (Å²) in [6, 6.07) is 0. The van der Waals surface area contributed by atoms with Crippen LogP contribution in [-0.4, -0.2) is 41.1 Å². The fourth-order valence-electron chi connectivity index (χ4n) is 4.14. The molecule has 0 aromatic carbocycles.